The maximum atomic E-state index is 12.7. The van der Waals surface area contributed by atoms with E-state index in [0.29, 0.717) is 23.4 Å². The minimum absolute atomic E-state index is 0.269. The van der Waals surface area contributed by atoms with Gasteiger partial charge in [-0.1, -0.05) is 6.07 Å². The highest BCUT2D eigenvalue weighted by Crippen LogP contribution is 2.28. The summed E-state index contributed by atoms with van der Waals surface area (Å²) in [5, 5.41) is 16.5. The zero-order chi connectivity index (χ0) is 19.1. The van der Waals surface area contributed by atoms with E-state index in [-0.39, 0.29) is 5.54 Å². The highest BCUT2D eigenvalue weighted by molar-refractivity contribution is 5.97. The molecule has 0 bridgehead atoms. The number of hydrogen-bond acceptors (Lipinski definition) is 4. The number of aliphatic carboxylic acids is 1. The molecule has 0 aliphatic carbocycles. The zero-order valence-electron chi connectivity index (χ0n) is 15.4. The van der Waals surface area contributed by atoms with Gasteiger partial charge in [-0.3, -0.25) is 9.48 Å². The lowest BCUT2D eigenvalue weighted by molar-refractivity contribution is -0.139. The van der Waals surface area contributed by atoms with E-state index in [9.17, 15) is 14.7 Å². The van der Waals surface area contributed by atoms with Gasteiger partial charge in [-0.05, 0) is 51.0 Å². The van der Waals surface area contributed by atoms with Crippen molar-refractivity contribution in [3.63, 3.8) is 0 Å². The average molecular weight is 357 g/mol. The predicted octanol–water partition coefficient (Wildman–Crippen LogP) is 2.44. The van der Waals surface area contributed by atoms with Gasteiger partial charge in [0.25, 0.3) is 5.91 Å². The smallest absolute Gasteiger partial charge is 0.330 e. The third-order valence-electron chi connectivity index (χ3n) is 4.46. The first-order chi connectivity index (χ1) is 12.2. The molecule has 7 nitrogen and oxygen atoms in total. The summed E-state index contributed by atoms with van der Waals surface area (Å²) in [5.74, 6) is -0.799. The molecule has 2 N–H and O–H groups in total. The normalized spacial score (nSPS) is 14.5. The molecule has 138 valence electrons. The van der Waals surface area contributed by atoms with Crippen LogP contribution in [0, 0.1) is 6.92 Å². The molecule has 1 aromatic carbocycles. The van der Waals surface area contributed by atoms with Crippen LogP contribution in [0.2, 0.25) is 0 Å². The minimum Gasteiger partial charge on any atom is -0.493 e. The van der Waals surface area contributed by atoms with Crippen molar-refractivity contribution in [1.29, 1.82) is 0 Å². The first-order valence-electron chi connectivity index (χ1n) is 8.53. The summed E-state index contributed by atoms with van der Waals surface area (Å²) in [4.78, 5) is 24.4. The number of ether oxygens (including phenoxy) is 1. The summed E-state index contributed by atoms with van der Waals surface area (Å²) in [5.41, 5.74) is 2.28. The van der Waals surface area contributed by atoms with E-state index in [4.69, 9.17) is 4.74 Å². The number of carboxylic acid groups (broad SMARTS) is 1. The molecule has 26 heavy (non-hydrogen) atoms. The van der Waals surface area contributed by atoms with Gasteiger partial charge >= 0.3 is 5.97 Å². The fourth-order valence-corrected chi connectivity index (χ4v) is 3.19. The van der Waals surface area contributed by atoms with E-state index in [1.165, 1.54) is 6.20 Å². The largest absolute Gasteiger partial charge is 0.493 e. The van der Waals surface area contributed by atoms with Gasteiger partial charge in [0.2, 0.25) is 0 Å². The van der Waals surface area contributed by atoms with Crippen LogP contribution in [0.4, 0.5) is 0 Å². The summed E-state index contributed by atoms with van der Waals surface area (Å²) in [6.45, 7) is 8.35. The molecule has 1 aliphatic rings. The van der Waals surface area contributed by atoms with E-state index in [1.54, 1.807) is 29.8 Å². The Balaban J connectivity index is 1.86. The number of aromatic nitrogens is 2. The minimum atomic E-state index is -1.13. The van der Waals surface area contributed by atoms with Crippen molar-refractivity contribution in [3.05, 3.63) is 46.8 Å². The molecule has 1 unspecified atom stereocenters. The molecular weight excluding hydrogens is 334 g/mol. The van der Waals surface area contributed by atoms with Gasteiger partial charge in [-0.25, -0.2) is 4.79 Å². The third kappa shape index (κ3) is 3.29. The third-order valence-corrected chi connectivity index (χ3v) is 4.46. The molecule has 2 aromatic rings. The van der Waals surface area contributed by atoms with Crippen LogP contribution in [-0.4, -0.2) is 33.4 Å². The van der Waals surface area contributed by atoms with Crippen molar-refractivity contribution in [2.75, 3.05) is 6.61 Å². The Bertz CT molecular complexity index is 864. The Morgan fingerprint density at radius 1 is 1.35 bits per heavy atom. The van der Waals surface area contributed by atoms with Crippen LogP contribution < -0.4 is 10.1 Å². The van der Waals surface area contributed by atoms with E-state index < -0.39 is 17.9 Å². The Labute approximate surface area is 152 Å². The number of carbonyl (C=O) groups excluding carboxylic acids is 1. The van der Waals surface area contributed by atoms with Crippen LogP contribution in [0.15, 0.2) is 24.4 Å². The lowest BCUT2D eigenvalue weighted by Gasteiger charge is -2.21. The van der Waals surface area contributed by atoms with E-state index in [1.807, 2.05) is 20.8 Å². The summed E-state index contributed by atoms with van der Waals surface area (Å²) in [6.07, 6.45) is 2.21. The summed E-state index contributed by atoms with van der Waals surface area (Å²) >= 11 is 0. The van der Waals surface area contributed by atoms with E-state index >= 15 is 0 Å². The second-order valence-electron chi connectivity index (χ2n) is 7.44. The molecule has 3 rings (SSSR count). The molecule has 1 aromatic heterocycles. The maximum Gasteiger partial charge on any atom is 0.330 e. The molecule has 2 heterocycles. The molecule has 0 radical (unpaired) electrons. The number of carboxylic acids is 1. The zero-order valence-corrected chi connectivity index (χ0v) is 15.4. The van der Waals surface area contributed by atoms with Crippen molar-refractivity contribution < 1.29 is 19.4 Å². The van der Waals surface area contributed by atoms with Gasteiger partial charge in [-0.2, -0.15) is 5.10 Å². The van der Waals surface area contributed by atoms with Crippen molar-refractivity contribution in [2.24, 2.45) is 0 Å². The number of nitrogens with zero attached hydrogens (tertiary/aromatic N) is 2. The molecular formula is C19H23N3O4. The van der Waals surface area contributed by atoms with Crippen LogP contribution in [0.25, 0.3) is 0 Å². The molecule has 0 spiro atoms. The second kappa shape index (κ2) is 6.48. The molecule has 7 heteroatoms. The molecule has 0 saturated heterocycles. The fourth-order valence-electron chi connectivity index (χ4n) is 3.19. The number of carbonyl (C=O) groups is 2. The Morgan fingerprint density at radius 3 is 2.69 bits per heavy atom. The molecule has 1 amide bonds. The summed E-state index contributed by atoms with van der Waals surface area (Å²) in [7, 11) is 0. The number of hydrogen-bond donors (Lipinski definition) is 2. The Kier molecular flexibility index (Phi) is 4.48. The van der Waals surface area contributed by atoms with Gasteiger partial charge in [0, 0.05) is 12.1 Å². The van der Waals surface area contributed by atoms with E-state index in [2.05, 4.69) is 10.4 Å². The monoisotopic (exact) mass is 357 g/mol. The van der Waals surface area contributed by atoms with Gasteiger partial charge in [0.1, 0.15) is 5.75 Å². The SMILES string of the molecule is Cc1c(C(=O)NC(C(=O)O)c2ccc3c(c2)CCO3)cnn1C(C)(C)C. The van der Waals surface area contributed by atoms with Crippen LogP contribution in [0.1, 0.15) is 54.0 Å². The topological polar surface area (TPSA) is 93.5 Å². The van der Waals surface area contributed by atoms with Gasteiger partial charge in [0.05, 0.1) is 23.9 Å². The lowest BCUT2D eigenvalue weighted by atomic mass is 10.0. The van der Waals surface area contributed by atoms with Gasteiger partial charge in [0.15, 0.2) is 6.04 Å². The van der Waals surface area contributed by atoms with Crippen molar-refractivity contribution in [2.45, 2.75) is 45.7 Å². The first-order valence-corrected chi connectivity index (χ1v) is 8.53. The highest BCUT2D eigenvalue weighted by atomic mass is 16.5. The lowest BCUT2D eigenvalue weighted by Crippen LogP contribution is -2.34. The molecule has 1 atom stereocenters. The maximum absolute atomic E-state index is 12.7. The number of benzene rings is 1. The van der Waals surface area contributed by atoms with Crippen LogP contribution in [0.3, 0.4) is 0 Å². The quantitative estimate of drug-likeness (QED) is 0.877. The molecule has 1 aliphatic heterocycles. The standard InChI is InChI=1S/C19H23N3O4/c1-11-14(10-20-22(11)19(2,3)4)17(23)21-16(18(24)25)13-5-6-15-12(9-13)7-8-26-15/h5-6,9-10,16H,7-8H2,1-4H3,(H,21,23)(H,24,25). The Hall–Kier alpha value is -2.83. The fraction of sp³-hybridized carbons (Fsp3) is 0.421. The van der Waals surface area contributed by atoms with Gasteiger partial charge < -0.3 is 15.2 Å². The second-order valence-corrected chi connectivity index (χ2v) is 7.44. The molecule has 0 saturated carbocycles. The van der Waals surface area contributed by atoms with Crippen molar-refractivity contribution in [1.82, 2.24) is 15.1 Å². The van der Waals surface area contributed by atoms with Crippen molar-refractivity contribution >= 4 is 11.9 Å². The number of amides is 1. The Morgan fingerprint density at radius 2 is 2.08 bits per heavy atom. The average Bonchev–Trinajstić information content (AvgIpc) is 3.16. The predicted molar refractivity (Wildman–Crippen MR) is 95.4 cm³/mol. The number of fused-ring (bicyclic) bond motifs is 1. The first kappa shape index (κ1) is 18.0. The van der Waals surface area contributed by atoms with Gasteiger partial charge in [-0.15, -0.1) is 0 Å². The van der Waals surface area contributed by atoms with Crippen LogP contribution in [0.5, 0.6) is 5.75 Å². The molecule has 0 fully saturated rings. The highest BCUT2D eigenvalue weighted by Gasteiger charge is 2.27. The number of nitrogens with one attached hydrogen (secondary N) is 1. The van der Waals surface area contributed by atoms with Crippen LogP contribution in [-0.2, 0) is 16.8 Å². The van der Waals surface area contributed by atoms with E-state index in [0.717, 1.165) is 17.7 Å². The van der Waals surface area contributed by atoms with Crippen LogP contribution >= 0.6 is 0 Å². The number of rotatable bonds is 4. The summed E-state index contributed by atoms with van der Waals surface area (Å²) < 4.78 is 7.20. The summed E-state index contributed by atoms with van der Waals surface area (Å²) in [6, 6.07) is 4.08. The van der Waals surface area contributed by atoms with Crippen molar-refractivity contribution in [3.8, 4) is 5.75 Å².